The van der Waals surface area contributed by atoms with E-state index < -0.39 is 0 Å². The average molecular weight is 301 g/mol. The molecule has 2 rings (SSSR count). The van der Waals surface area contributed by atoms with Crippen molar-refractivity contribution in [3.05, 3.63) is 34.6 Å². The highest BCUT2D eigenvalue weighted by atomic mass is 35.5. The van der Waals surface area contributed by atoms with Gasteiger partial charge in [-0.3, -0.25) is 0 Å². The highest BCUT2D eigenvalue weighted by Gasteiger charge is 2.14. The monoisotopic (exact) mass is 300 g/mol. The van der Waals surface area contributed by atoms with Crippen LogP contribution in [0.5, 0.6) is 17.4 Å². The van der Waals surface area contributed by atoms with Crippen LogP contribution in [0.25, 0.3) is 0 Å². The molecule has 0 radical (unpaired) electrons. The summed E-state index contributed by atoms with van der Waals surface area (Å²) < 4.78 is 10.7. The number of nitrogens with zero attached hydrogens (tertiary/aromatic N) is 2. The first-order valence-corrected chi connectivity index (χ1v) is 5.89. The van der Waals surface area contributed by atoms with Crippen molar-refractivity contribution in [2.75, 3.05) is 12.5 Å². The maximum atomic E-state index is 6.01. The first-order valence-electron chi connectivity index (χ1n) is 5.14. The van der Waals surface area contributed by atoms with E-state index in [9.17, 15) is 0 Å². The van der Waals surface area contributed by atoms with Crippen LogP contribution in [0.4, 0.5) is 5.82 Å². The molecule has 100 valence electrons. The fourth-order valence-corrected chi connectivity index (χ4v) is 1.83. The maximum absolute atomic E-state index is 6.01. The number of rotatable bonds is 4. The summed E-state index contributed by atoms with van der Waals surface area (Å²) in [6.45, 7) is 0. The van der Waals surface area contributed by atoms with E-state index in [0.29, 0.717) is 21.6 Å². The largest absolute Gasteiger partial charge is 0.489 e. The van der Waals surface area contributed by atoms with Gasteiger partial charge in [0, 0.05) is 5.02 Å². The minimum atomic E-state index is 0.190. The van der Waals surface area contributed by atoms with Crippen molar-refractivity contribution in [2.24, 2.45) is 5.84 Å². The summed E-state index contributed by atoms with van der Waals surface area (Å²) in [4.78, 5) is 7.87. The molecule has 1 aromatic heterocycles. The van der Waals surface area contributed by atoms with Crippen molar-refractivity contribution in [1.82, 2.24) is 9.97 Å². The topological polar surface area (TPSA) is 82.3 Å². The van der Waals surface area contributed by atoms with Crippen LogP contribution in [0.3, 0.4) is 0 Å². The quantitative estimate of drug-likeness (QED) is 0.667. The van der Waals surface area contributed by atoms with Gasteiger partial charge in [-0.05, 0) is 18.2 Å². The van der Waals surface area contributed by atoms with Crippen molar-refractivity contribution < 1.29 is 9.47 Å². The number of hydrogen-bond acceptors (Lipinski definition) is 6. The number of nitrogens with two attached hydrogens (primary N) is 1. The predicted molar refractivity (Wildman–Crippen MR) is 72.9 cm³/mol. The molecular weight excluding hydrogens is 291 g/mol. The van der Waals surface area contributed by atoms with Gasteiger partial charge in [-0.1, -0.05) is 23.2 Å². The highest BCUT2D eigenvalue weighted by Crippen LogP contribution is 2.37. The Morgan fingerprint density at radius 2 is 2.05 bits per heavy atom. The van der Waals surface area contributed by atoms with E-state index in [1.807, 2.05) is 0 Å². The Balaban J connectivity index is 2.37. The van der Waals surface area contributed by atoms with Crippen molar-refractivity contribution in [3.8, 4) is 17.4 Å². The summed E-state index contributed by atoms with van der Waals surface area (Å²) in [7, 11) is 1.45. The second kappa shape index (κ2) is 5.92. The third-order valence-electron chi connectivity index (χ3n) is 2.21. The van der Waals surface area contributed by atoms with Gasteiger partial charge in [0.2, 0.25) is 5.75 Å². The number of methoxy groups -OCH3 is 1. The zero-order valence-corrected chi connectivity index (χ0v) is 11.4. The van der Waals surface area contributed by atoms with E-state index in [-0.39, 0.29) is 11.6 Å². The Hall–Kier alpha value is -1.76. The van der Waals surface area contributed by atoms with Crippen LogP contribution < -0.4 is 20.7 Å². The summed E-state index contributed by atoms with van der Waals surface area (Å²) in [6.07, 6.45) is 1.29. The first kappa shape index (κ1) is 13.7. The van der Waals surface area contributed by atoms with E-state index in [4.69, 9.17) is 38.5 Å². The summed E-state index contributed by atoms with van der Waals surface area (Å²) in [6, 6.07) is 4.84. The number of anilines is 1. The Bertz CT molecular complexity index is 595. The molecule has 0 amide bonds. The van der Waals surface area contributed by atoms with Crippen LogP contribution in [0.15, 0.2) is 24.5 Å². The average Bonchev–Trinajstić information content (AvgIpc) is 2.41. The van der Waals surface area contributed by atoms with E-state index in [1.165, 1.54) is 13.4 Å². The number of nitrogens with one attached hydrogen (secondary N) is 1. The molecular formula is C11H10Cl2N4O2. The molecule has 0 atom stereocenters. The van der Waals surface area contributed by atoms with E-state index in [1.54, 1.807) is 18.2 Å². The van der Waals surface area contributed by atoms with Gasteiger partial charge in [0.15, 0.2) is 5.82 Å². The molecule has 0 unspecified atom stereocenters. The van der Waals surface area contributed by atoms with E-state index in [2.05, 4.69) is 15.4 Å². The number of benzene rings is 1. The number of ether oxygens (including phenoxy) is 2. The van der Waals surface area contributed by atoms with Crippen molar-refractivity contribution >= 4 is 29.0 Å². The fourth-order valence-electron chi connectivity index (χ4n) is 1.38. The minimum Gasteiger partial charge on any atom is -0.489 e. The minimum absolute atomic E-state index is 0.190. The molecule has 2 aromatic rings. The normalized spacial score (nSPS) is 10.1. The zero-order chi connectivity index (χ0) is 13.8. The first-order chi connectivity index (χ1) is 9.15. The molecule has 0 spiro atoms. The molecule has 0 fully saturated rings. The molecule has 0 aliphatic rings. The molecule has 0 aliphatic heterocycles. The van der Waals surface area contributed by atoms with Gasteiger partial charge in [0.05, 0.1) is 12.1 Å². The predicted octanol–water partition coefficient (Wildman–Crippen LogP) is 2.87. The number of halogens is 2. The SMILES string of the molecule is COc1c(NN)ncnc1Oc1ccc(Cl)cc1Cl. The molecule has 6 nitrogen and oxygen atoms in total. The molecule has 3 N–H and O–H groups in total. The van der Waals surface area contributed by atoms with Gasteiger partial charge in [-0.15, -0.1) is 0 Å². The van der Waals surface area contributed by atoms with Crippen molar-refractivity contribution in [3.63, 3.8) is 0 Å². The van der Waals surface area contributed by atoms with E-state index >= 15 is 0 Å². The van der Waals surface area contributed by atoms with Gasteiger partial charge in [-0.25, -0.2) is 10.8 Å². The Labute approximate surface area is 119 Å². The molecule has 19 heavy (non-hydrogen) atoms. The van der Waals surface area contributed by atoms with Crippen LogP contribution in [0, 0.1) is 0 Å². The number of nitrogen functional groups attached to an aromatic ring is 1. The Kier molecular flexibility index (Phi) is 4.26. The van der Waals surface area contributed by atoms with Gasteiger partial charge in [-0.2, -0.15) is 4.98 Å². The number of aromatic nitrogens is 2. The molecule has 8 heteroatoms. The second-order valence-corrected chi connectivity index (χ2v) is 4.23. The smallest absolute Gasteiger partial charge is 0.268 e. The van der Waals surface area contributed by atoms with Crippen LogP contribution >= 0.6 is 23.2 Å². The molecule has 0 bridgehead atoms. The lowest BCUT2D eigenvalue weighted by atomic mass is 10.3. The molecule has 1 heterocycles. The molecule has 0 saturated carbocycles. The Morgan fingerprint density at radius 3 is 2.68 bits per heavy atom. The Morgan fingerprint density at radius 1 is 1.26 bits per heavy atom. The lowest BCUT2D eigenvalue weighted by Gasteiger charge is -2.12. The fraction of sp³-hybridized carbons (Fsp3) is 0.0909. The lowest BCUT2D eigenvalue weighted by molar-refractivity contribution is 0.369. The third-order valence-corrected chi connectivity index (χ3v) is 2.74. The molecule has 0 saturated heterocycles. The van der Waals surface area contributed by atoms with Crippen LogP contribution in [-0.4, -0.2) is 17.1 Å². The van der Waals surface area contributed by atoms with Gasteiger partial charge in [0.1, 0.15) is 12.1 Å². The van der Waals surface area contributed by atoms with Gasteiger partial charge in [0.25, 0.3) is 5.88 Å². The lowest BCUT2D eigenvalue weighted by Crippen LogP contribution is -2.11. The number of hydrogen-bond donors (Lipinski definition) is 2. The summed E-state index contributed by atoms with van der Waals surface area (Å²) in [5.74, 6) is 6.48. The molecule has 0 aliphatic carbocycles. The third kappa shape index (κ3) is 2.98. The van der Waals surface area contributed by atoms with Gasteiger partial charge < -0.3 is 14.9 Å². The van der Waals surface area contributed by atoms with Crippen LogP contribution in [0.2, 0.25) is 10.0 Å². The van der Waals surface area contributed by atoms with Crippen molar-refractivity contribution in [1.29, 1.82) is 0 Å². The summed E-state index contributed by atoms with van der Waals surface area (Å²) in [5.41, 5.74) is 2.39. The standard InChI is InChI=1S/C11H10Cl2N4O2/c1-18-9-10(17-14)15-5-16-11(9)19-8-3-2-6(12)4-7(8)13/h2-5H,14H2,1H3,(H,15,16,17). The van der Waals surface area contributed by atoms with E-state index in [0.717, 1.165) is 0 Å². The van der Waals surface area contributed by atoms with Crippen LogP contribution in [0.1, 0.15) is 0 Å². The van der Waals surface area contributed by atoms with Crippen molar-refractivity contribution in [2.45, 2.75) is 0 Å². The second-order valence-electron chi connectivity index (χ2n) is 3.38. The summed E-state index contributed by atoms with van der Waals surface area (Å²) >= 11 is 11.8. The zero-order valence-electron chi connectivity index (χ0n) is 9.85. The van der Waals surface area contributed by atoms with Crippen LogP contribution in [-0.2, 0) is 0 Å². The van der Waals surface area contributed by atoms with Gasteiger partial charge >= 0.3 is 0 Å². The summed E-state index contributed by atoms with van der Waals surface area (Å²) in [5, 5.41) is 0.867. The number of hydrazine groups is 1. The highest BCUT2D eigenvalue weighted by molar-refractivity contribution is 6.35. The maximum Gasteiger partial charge on any atom is 0.268 e. The molecule has 1 aromatic carbocycles.